The third kappa shape index (κ3) is 3.63. The van der Waals surface area contributed by atoms with Gasteiger partial charge >= 0.3 is 5.97 Å². The minimum atomic E-state index is -3.72. The van der Waals surface area contributed by atoms with E-state index in [1.54, 1.807) is 0 Å². The van der Waals surface area contributed by atoms with E-state index in [0.717, 1.165) is 0 Å². The number of nitrogens with zero attached hydrogens (tertiary/aromatic N) is 1. The first-order valence-electron chi connectivity index (χ1n) is 6.94. The number of aromatic carboxylic acids is 1. The fraction of sp³-hybridized carbons (Fsp3) is 0.615. The average molecular weight is 316 g/mol. The van der Waals surface area contributed by atoms with Gasteiger partial charge in [-0.2, -0.15) is 0 Å². The van der Waals surface area contributed by atoms with Gasteiger partial charge in [-0.1, -0.05) is 6.92 Å². The number of aliphatic hydroxyl groups is 1. The summed E-state index contributed by atoms with van der Waals surface area (Å²) in [6.45, 7) is 2.60. The van der Waals surface area contributed by atoms with Crippen molar-refractivity contribution in [2.24, 2.45) is 5.92 Å². The number of sulfonamides is 1. The molecule has 1 fully saturated rings. The van der Waals surface area contributed by atoms with E-state index in [4.69, 9.17) is 5.11 Å². The smallest absolute Gasteiger partial charge is 0.352 e. The van der Waals surface area contributed by atoms with E-state index in [2.05, 4.69) is 4.72 Å². The molecule has 7 nitrogen and oxygen atoms in total. The molecule has 1 saturated carbocycles. The Morgan fingerprint density at radius 2 is 2.14 bits per heavy atom. The van der Waals surface area contributed by atoms with E-state index < -0.39 is 16.0 Å². The second-order valence-electron chi connectivity index (χ2n) is 5.40. The van der Waals surface area contributed by atoms with Crippen molar-refractivity contribution in [1.82, 2.24) is 9.29 Å². The number of hydrogen-bond donors (Lipinski definition) is 3. The van der Waals surface area contributed by atoms with Crippen LogP contribution in [0.5, 0.6) is 0 Å². The molecule has 0 unspecified atom stereocenters. The van der Waals surface area contributed by atoms with Crippen molar-refractivity contribution >= 4 is 16.0 Å². The molecule has 0 aromatic carbocycles. The number of nitrogens with one attached hydrogen (secondary N) is 1. The maximum Gasteiger partial charge on any atom is 0.352 e. The minimum absolute atomic E-state index is 0.0312. The topological polar surface area (TPSA) is 109 Å². The monoisotopic (exact) mass is 316 g/mol. The van der Waals surface area contributed by atoms with Crippen LogP contribution < -0.4 is 4.72 Å². The molecule has 0 bridgehead atoms. The van der Waals surface area contributed by atoms with E-state index in [0.29, 0.717) is 25.8 Å². The minimum Gasteiger partial charge on any atom is -0.477 e. The van der Waals surface area contributed by atoms with Crippen LogP contribution in [0.2, 0.25) is 0 Å². The fourth-order valence-electron chi connectivity index (χ4n) is 2.41. The highest BCUT2D eigenvalue weighted by Crippen LogP contribution is 2.26. The molecule has 8 heteroatoms. The second-order valence-corrected chi connectivity index (χ2v) is 7.17. The first kappa shape index (κ1) is 16.0. The van der Waals surface area contributed by atoms with Crippen LogP contribution in [0.1, 0.15) is 36.7 Å². The van der Waals surface area contributed by atoms with Crippen molar-refractivity contribution in [3.8, 4) is 0 Å². The van der Waals surface area contributed by atoms with Crippen LogP contribution >= 0.6 is 0 Å². The Morgan fingerprint density at radius 1 is 1.48 bits per heavy atom. The van der Waals surface area contributed by atoms with Gasteiger partial charge in [0, 0.05) is 19.3 Å². The summed E-state index contributed by atoms with van der Waals surface area (Å²) in [5.74, 6) is -1.00. The SMILES string of the molecule is CCCn1cc(S(=O)(=O)NCC2CC(O)C2)cc1C(=O)O. The van der Waals surface area contributed by atoms with Crippen molar-refractivity contribution in [2.45, 2.75) is 43.7 Å². The van der Waals surface area contributed by atoms with E-state index in [1.807, 2.05) is 6.92 Å². The summed E-state index contributed by atoms with van der Waals surface area (Å²) < 4.78 is 28.3. The molecule has 1 heterocycles. The predicted molar refractivity (Wildman–Crippen MR) is 75.6 cm³/mol. The quantitative estimate of drug-likeness (QED) is 0.684. The molecule has 0 aliphatic heterocycles. The van der Waals surface area contributed by atoms with Gasteiger partial charge < -0.3 is 14.8 Å². The van der Waals surface area contributed by atoms with E-state index >= 15 is 0 Å². The summed E-state index contributed by atoms with van der Waals surface area (Å²) in [4.78, 5) is 11.1. The number of aromatic nitrogens is 1. The van der Waals surface area contributed by atoms with Gasteiger partial charge in [-0.25, -0.2) is 17.9 Å². The Hall–Kier alpha value is -1.38. The molecule has 21 heavy (non-hydrogen) atoms. The third-order valence-electron chi connectivity index (χ3n) is 3.64. The number of carbonyl (C=O) groups is 1. The van der Waals surface area contributed by atoms with Crippen molar-refractivity contribution in [3.63, 3.8) is 0 Å². The molecule has 0 amide bonds. The van der Waals surface area contributed by atoms with Gasteiger partial charge in [0.05, 0.1) is 6.10 Å². The van der Waals surface area contributed by atoms with E-state index in [1.165, 1.54) is 16.8 Å². The zero-order valence-electron chi connectivity index (χ0n) is 11.8. The van der Waals surface area contributed by atoms with E-state index in [9.17, 15) is 18.3 Å². The predicted octanol–water partition coefficient (Wildman–Crippen LogP) is 0.645. The number of aryl methyl sites for hydroxylation is 1. The molecular weight excluding hydrogens is 296 g/mol. The van der Waals surface area contributed by atoms with Crippen molar-refractivity contribution < 1.29 is 23.4 Å². The first-order valence-corrected chi connectivity index (χ1v) is 8.43. The molecule has 1 aliphatic rings. The highest BCUT2D eigenvalue weighted by molar-refractivity contribution is 7.89. The van der Waals surface area contributed by atoms with Crippen molar-refractivity contribution in [1.29, 1.82) is 0 Å². The fourth-order valence-corrected chi connectivity index (χ4v) is 3.57. The molecule has 0 spiro atoms. The standard InChI is InChI=1S/C13H20N2O5S/c1-2-3-15-8-11(6-12(15)13(17)18)21(19,20)14-7-9-4-10(16)5-9/h6,8-10,14,16H,2-5,7H2,1H3,(H,17,18). The van der Waals surface area contributed by atoms with Gasteiger partial charge in [-0.15, -0.1) is 0 Å². The van der Waals surface area contributed by atoms with Crippen LogP contribution in [0.15, 0.2) is 17.2 Å². The van der Waals surface area contributed by atoms with Gasteiger partial charge in [0.1, 0.15) is 10.6 Å². The van der Waals surface area contributed by atoms with Gasteiger partial charge in [0.25, 0.3) is 0 Å². The summed E-state index contributed by atoms with van der Waals surface area (Å²) in [5, 5.41) is 18.3. The van der Waals surface area contributed by atoms with E-state index in [-0.39, 0.29) is 29.2 Å². The summed E-state index contributed by atoms with van der Waals surface area (Å²) in [6.07, 6.45) is 2.93. The first-order chi connectivity index (χ1) is 9.83. The summed E-state index contributed by atoms with van der Waals surface area (Å²) in [5.41, 5.74) is -0.0312. The number of carboxylic acid groups (broad SMARTS) is 1. The number of hydrogen-bond acceptors (Lipinski definition) is 4. The van der Waals surface area contributed by atoms with Crippen LogP contribution in [-0.2, 0) is 16.6 Å². The molecule has 0 saturated heterocycles. The number of rotatable bonds is 7. The van der Waals surface area contributed by atoms with Crippen LogP contribution in [0.25, 0.3) is 0 Å². The number of carboxylic acids is 1. The lowest BCUT2D eigenvalue weighted by molar-refractivity contribution is 0.0453. The molecule has 0 atom stereocenters. The Kier molecular flexibility index (Phi) is 4.70. The largest absolute Gasteiger partial charge is 0.477 e. The third-order valence-corrected chi connectivity index (χ3v) is 5.03. The van der Waals surface area contributed by atoms with Crippen molar-refractivity contribution in [2.75, 3.05) is 6.54 Å². The highest BCUT2D eigenvalue weighted by atomic mass is 32.2. The molecule has 1 aliphatic carbocycles. The van der Waals surface area contributed by atoms with Crippen LogP contribution in [0.3, 0.4) is 0 Å². The maximum atomic E-state index is 12.2. The zero-order chi connectivity index (χ0) is 15.6. The zero-order valence-corrected chi connectivity index (χ0v) is 12.6. The van der Waals surface area contributed by atoms with Gasteiger partial charge in [0.2, 0.25) is 10.0 Å². The lowest BCUT2D eigenvalue weighted by atomic mass is 9.83. The highest BCUT2D eigenvalue weighted by Gasteiger charge is 2.29. The summed E-state index contributed by atoms with van der Waals surface area (Å²) in [6, 6.07) is 1.18. The van der Waals surface area contributed by atoms with Crippen LogP contribution in [-0.4, -0.2) is 41.8 Å². The van der Waals surface area contributed by atoms with Crippen molar-refractivity contribution in [3.05, 3.63) is 18.0 Å². The Bertz CT molecular complexity index is 617. The summed E-state index contributed by atoms with van der Waals surface area (Å²) >= 11 is 0. The maximum absolute atomic E-state index is 12.2. The lowest BCUT2D eigenvalue weighted by Crippen LogP contribution is -2.38. The molecule has 1 aromatic rings. The molecule has 3 N–H and O–H groups in total. The molecular formula is C13H20N2O5S. The second kappa shape index (κ2) is 6.17. The lowest BCUT2D eigenvalue weighted by Gasteiger charge is -2.31. The van der Waals surface area contributed by atoms with Crippen LogP contribution in [0, 0.1) is 5.92 Å². The molecule has 2 rings (SSSR count). The molecule has 118 valence electrons. The Labute approximate surface area is 123 Å². The van der Waals surface area contributed by atoms with Gasteiger partial charge in [-0.3, -0.25) is 0 Å². The van der Waals surface area contributed by atoms with Gasteiger partial charge in [0.15, 0.2) is 0 Å². The van der Waals surface area contributed by atoms with Crippen LogP contribution in [0.4, 0.5) is 0 Å². The molecule has 1 aromatic heterocycles. The number of aliphatic hydroxyl groups excluding tert-OH is 1. The summed E-state index contributed by atoms with van der Waals surface area (Å²) in [7, 11) is -3.72. The Morgan fingerprint density at radius 3 is 2.67 bits per heavy atom. The van der Waals surface area contributed by atoms with Gasteiger partial charge in [-0.05, 0) is 31.2 Å². The normalized spacial score (nSPS) is 22.0. The average Bonchev–Trinajstić information content (AvgIpc) is 2.79. The Balaban J connectivity index is 2.11. The molecule has 0 radical (unpaired) electrons.